The summed E-state index contributed by atoms with van der Waals surface area (Å²) in [6.45, 7) is -0.144. The van der Waals surface area contributed by atoms with Crippen LogP contribution < -0.4 is 11.1 Å². The minimum Gasteiger partial charge on any atom is -0.355 e. The molecule has 3 N–H and O–H groups in total. The molecule has 1 aliphatic rings. The number of hydrogen-bond acceptors (Lipinski definition) is 2. The van der Waals surface area contributed by atoms with Crippen LogP contribution in [0.5, 0.6) is 0 Å². The van der Waals surface area contributed by atoms with Gasteiger partial charge in [-0.3, -0.25) is 4.79 Å². The predicted octanol–water partition coefficient (Wildman–Crippen LogP) is 2.35. The zero-order valence-corrected chi connectivity index (χ0v) is 10.5. The van der Waals surface area contributed by atoms with Gasteiger partial charge in [0.05, 0.1) is 11.8 Å². The maximum absolute atomic E-state index is 12.0. The van der Waals surface area contributed by atoms with Crippen molar-refractivity contribution in [3.63, 3.8) is 0 Å². The summed E-state index contributed by atoms with van der Waals surface area (Å²) in [5.41, 5.74) is 5.03. The second kappa shape index (κ2) is 6.41. The Balaban J connectivity index is 2.50. The molecule has 1 amide bonds. The van der Waals surface area contributed by atoms with Crippen molar-refractivity contribution in [2.24, 2.45) is 11.1 Å². The van der Waals surface area contributed by atoms with E-state index in [0.29, 0.717) is 12.8 Å². The largest absolute Gasteiger partial charge is 0.390 e. The van der Waals surface area contributed by atoms with Crippen LogP contribution in [0.15, 0.2) is 0 Å². The van der Waals surface area contributed by atoms with Gasteiger partial charge in [0, 0.05) is 13.1 Å². The van der Waals surface area contributed by atoms with Crippen LogP contribution in [-0.4, -0.2) is 25.2 Å². The summed E-state index contributed by atoms with van der Waals surface area (Å²) in [6, 6.07) is 0. The van der Waals surface area contributed by atoms with E-state index in [1.807, 2.05) is 0 Å². The average Bonchev–Trinajstić information content (AvgIpc) is 2.53. The topological polar surface area (TPSA) is 55.1 Å². The molecule has 0 bridgehead atoms. The molecule has 0 aliphatic heterocycles. The highest BCUT2D eigenvalue weighted by Gasteiger charge is 2.37. The van der Waals surface area contributed by atoms with E-state index in [4.69, 9.17) is 5.73 Å². The Morgan fingerprint density at radius 2 is 1.72 bits per heavy atom. The zero-order chi connectivity index (χ0) is 13.6. The Bertz CT molecular complexity index is 271. The first-order valence-corrected chi connectivity index (χ1v) is 6.45. The molecular formula is C12H21F3N2O. The minimum atomic E-state index is -4.23. The molecule has 0 heterocycles. The van der Waals surface area contributed by atoms with Crippen molar-refractivity contribution in [1.82, 2.24) is 5.32 Å². The summed E-state index contributed by atoms with van der Waals surface area (Å²) in [4.78, 5) is 12.0. The molecule has 106 valence electrons. The van der Waals surface area contributed by atoms with E-state index in [0.717, 1.165) is 25.7 Å². The van der Waals surface area contributed by atoms with E-state index >= 15 is 0 Å². The number of hydrogen-bond donors (Lipinski definition) is 2. The Labute approximate surface area is 105 Å². The molecule has 3 nitrogen and oxygen atoms in total. The average molecular weight is 266 g/mol. The van der Waals surface area contributed by atoms with Gasteiger partial charge < -0.3 is 11.1 Å². The Morgan fingerprint density at radius 3 is 2.17 bits per heavy atom. The first-order chi connectivity index (χ1) is 8.40. The minimum absolute atomic E-state index is 0.213. The summed E-state index contributed by atoms with van der Waals surface area (Å²) in [5.74, 6) is -0.309. The van der Waals surface area contributed by atoms with Gasteiger partial charge in [0.25, 0.3) is 0 Å². The maximum Gasteiger partial charge on any atom is 0.390 e. The molecule has 1 fully saturated rings. The lowest BCUT2D eigenvalue weighted by Gasteiger charge is -2.29. The van der Waals surface area contributed by atoms with Crippen LogP contribution in [0.3, 0.4) is 0 Å². The van der Waals surface area contributed by atoms with E-state index < -0.39 is 18.0 Å². The van der Waals surface area contributed by atoms with Crippen LogP contribution in [0.4, 0.5) is 13.2 Å². The molecule has 1 aliphatic carbocycles. The number of carbonyl (C=O) groups is 1. The van der Waals surface area contributed by atoms with Gasteiger partial charge in [-0.2, -0.15) is 13.2 Å². The quantitative estimate of drug-likeness (QED) is 0.767. The smallest absolute Gasteiger partial charge is 0.355 e. The van der Waals surface area contributed by atoms with Crippen LogP contribution in [0, 0.1) is 5.41 Å². The third-order valence-corrected chi connectivity index (χ3v) is 3.63. The molecule has 0 aromatic carbocycles. The van der Waals surface area contributed by atoms with E-state index in [1.165, 1.54) is 0 Å². The molecule has 0 radical (unpaired) electrons. The molecule has 0 saturated heterocycles. The van der Waals surface area contributed by atoms with Gasteiger partial charge in [0.15, 0.2) is 0 Å². The highest BCUT2D eigenvalue weighted by Crippen LogP contribution is 2.34. The highest BCUT2D eigenvalue weighted by molar-refractivity contribution is 5.82. The fourth-order valence-electron chi connectivity index (χ4n) is 2.43. The molecule has 0 atom stereocenters. The lowest BCUT2D eigenvalue weighted by atomic mass is 9.79. The molecule has 6 heteroatoms. The van der Waals surface area contributed by atoms with E-state index in [1.54, 1.807) is 0 Å². The van der Waals surface area contributed by atoms with Gasteiger partial charge >= 0.3 is 6.18 Å². The summed E-state index contributed by atoms with van der Waals surface area (Å²) >= 11 is 0. The number of amides is 1. The van der Waals surface area contributed by atoms with Gasteiger partial charge in [-0.15, -0.1) is 0 Å². The lowest BCUT2D eigenvalue weighted by Crippen LogP contribution is -2.46. The van der Waals surface area contributed by atoms with E-state index in [9.17, 15) is 18.0 Å². The summed E-state index contributed by atoms with van der Waals surface area (Å²) in [6.07, 6.45) is 0.123. The van der Waals surface area contributed by atoms with Crippen LogP contribution in [-0.2, 0) is 4.79 Å². The number of carbonyl (C=O) groups excluding carboxylic acids is 1. The van der Waals surface area contributed by atoms with Crippen molar-refractivity contribution in [2.75, 3.05) is 13.1 Å². The zero-order valence-electron chi connectivity index (χ0n) is 10.5. The maximum atomic E-state index is 12.0. The molecule has 1 saturated carbocycles. The van der Waals surface area contributed by atoms with Crippen LogP contribution in [0.2, 0.25) is 0 Å². The molecule has 0 aromatic rings. The third-order valence-electron chi connectivity index (χ3n) is 3.63. The van der Waals surface area contributed by atoms with Crippen molar-refractivity contribution < 1.29 is 18.0 Å². The lowest BCUT2D eigenvalue weighted by molar-refractivity contribution is -0.139. The second-order valence-corrected chi connectivity index (χ2v) is 5.02. The van der Waals surface area contributed by atoms with Crippen LogP contribution >= 0.6 is 0 Å². The molecule has 18 heavy (non-hydrogen) atoms. The summed E-state index contributed by atoms with van der Waals surface area (Å²) < 4.78 is 36.0. The van der Waals surface area contributed by atoms with Gasteiger partial charge in [-0.25, -0.2) is 0 Å². The monoisotopic (exact) mass is 266 g/mol. The fraction of sp³-hybridized carbons (Fsp3) is 0.917. The van der Waals surface area contributed by atoms with Crippen molar-refractivity contribution in [2.45, 2.75) is 51.1 Å². The Kier molecular flexibility index (Phi) is 5.44. The normalized spacial score (nSPS) is 20.2. The standard InChI is InChI=1S/C12H21F3N2O/c13-12(14,15)7-8-17-10(18)11(9-16)5-3-1-2-4-6-11/h1-9,16H2,(H,17,18). The van der Waals surface area contributed by atoms with E-state index in [-0.39, 0.29) is 19.0 Å². The number of nitrogens with two attached hydrogens (primary N) is 1. The number of nitrogens with one attached hydrogen (secondary N) is 1. The van der Waals surface area contributed by atoms with Crippen molar-refractivity contribution in [1.29, 1.82) is 0 Å². The molecular weight excluding hydrogens is 245 g/mol. The number of halogens is 3. The fourth-order valence-corrected chi connectivity index (χ4v) is 2.43. The molecule has 0 aromatic heterocycles. The van der Waals surface area contributed by atoms with Crippen molar-refractivity contribution >= 4 is 5.91 Å². The SMILES string of the molecule is NCC1(C(=O)NCCC(F)(F)F)CCCCCC1. The van der Waals surface area contributed by atoms with Gasteiger partial charge in [-0.1, -0.05) is 25.7 Å². The van der Waals surface area contributed by atoms with Crippen molar-refractivity contribution in [3.05, 3.63) is 0 Å². The highest BCUT2D eigenvalue weighted by atomic mass is 19.4. The summed E-state index contributed by atoms with van der Waals surface area (Å²) in [5, 5.41) is 2.39. The first-order valence-electron chi connectivity index (χ1n) is 6.45. The number of rotatable bonds is 4. The van der Waals surface area contributed by atoms with Gasteiger partial charge in [0.1, 0.15) is 0 Å². The van der Waals surface area contributed by atoms with Gasteiger partial charge in [0.2, 0.25) is 5.91 Å². The Hall–Kier alpha value is -0.780. The van der Waals surface area contributed by atoms with Crippen molar-refractivity contribution in [3.8, 4) is 0 Å². The first kappa shape index (κ1) is 15.3. The van der Waals surface area contributed by atoms with E-state index in [2.05, 4.69) is 5.32 Å². The predicted molar refractivity (Wildman–Crippen MR) is 62.9 cm³/mol. The third kappa shape index (κ3) is 4.48. The molecule has 0 unspecified atom stereocenters. The Morgan fingerprint density at radius 1 is 1.17 bits per heavy atom. The summed E-state index contributed by atoms with van der Waals surface area (Å²) in [7, 11) is 0. The number of alkyl halides is 3. The van der Waals surface area contributed by atoms with Crippen LogP contribution in [0.1, 0.15) is 44.9 Å². The second-order valence-electron chi connectivity index (χ2n) is 5.02. The molecule has 0 spiro atoms. The van der Waals surface area contributed by atoms with Gasteiger partial charge in [-0.05, 0) is 12.8 Å². The molecule has 1 rings (SSSR count). The van der Waals surface area contributed by atoms with Crippen LogP contribution in [0.25, 0.3) is 0 Å².